The Bertz CT molecular complexity index is 949. The molecule has 1 saturated carbocycles. The van der Waals surface area contributed by atoms with Gasteiger partial charge in [0.1, 0.15) is 5.82 Å². The summed E-state index contributed by atoms with van der Waals surface area (Å²) in [7, 11) is -3.81. The van der Waals surface area contributed by atoms with Gasteiger partial charge in [-0.05, 0) is 43.0 Å². The Labute approximate surface area is 181 Å². The van der Waals surface area contributed by atoms with E-state index in [1.165, 1.54) is 31.4 Å². The maximum Gasteiger partial charge on any atom is 0.240 e. The van der Waals surface area contributed by atoms with Gasteiger partial charge in [-0.25, -0.2) is 13.1 Å². The number of nitrogens with zero attached hydrogens (tertiary/aromatic N) is 2. The van der Waals surface area contributed by atoms with Crippen LogP contribution in [0.3, 0.4) is 0 Å². The molecule has 11 heteroatoms. The van der Waals surface area contributed by atoms with Gasteiger partial charge in [0.25, 0.3) is 0 Å². The molecule has 1 unspecified atom stereocenters. The second-order valence-electron chi connectivity index (χ2n) is 7.61. The number of nitrogens with two attached hydrogens (primary N) is 1. The first-order valence-corrected chi connectivity index (χ1v) is 11.8. The van der Waals surface area contributed by atoms with Crippen molar-refractivity contribution in [2.24, 2.45) is 5.92 Å². The number of benzene rings is 1. The van der Waals surface area contributed by atoms with E-state index in [4.69, 9.17) is 15.6 Å². The zero-order chi connectivity index (χ0) is 22.3. The van der Waals surface area contributed by atoms with Crippen LogP contribution in [0.25, 0.3) is 0 Å². The van der Waals surface area contributed by atoms with Crippen LogP contribution >= 0.6 is 0 Å². The molecule has 0 aliphatic heterocycles. The summed E-state index contributed by atoms with van der Waals surface area (Å²) in [5, 5.41) is 21.1. The molecule has 1 aliphatic rings. The third-order valence-corrected chi connectivity index (χ3v) is 6.49. The lowest BCUT2D eigenvalue weighted by molar-refractivity contribution is 0.0988. The van der Waals surface area contributed by atoms with Gasteiger partial charge in [0, 0.05) is 18.3 Å². The summed E-state index contributed by atoms with van der Waals surface area (Å²) >= 11 is 0. The van der Waals surface area contributed by atoms with Crippen LogP contribution in [0.5, 0.6) is 5.88 Å². The Hall–Kier alpha value is -2.47. The lowest BCUT2D eigenvalue weighted by Crippen LogP contribution is -2.33. The molecule has 1 fully saturated rings. The van der Waals surface area contributed by atoms with E-state index in [2.05, 4.69) is 20.0 Å². The maximum atomic E-state index is 12.2. The number of nitrogens with one attached hydrogen (secondary N) is 2. The molecule has 1 aliphatic carbocycles. The minimum atomic E-state index is -3.81. The number of aliphatic hydroxyl groups is 2. The van der Waals surface area contributed by atoms with Gasteiger partial charge in [0.05, 0.1) is 24.2 Å². The fourth-order valence-corrected chi connectivity index (χ4v) is 4.40. The molecule has 3 rings (SSSR count). The van der Waals surface area contributed by atoms with Crippen LogP contribution in [-0.4, -0.2) is 54.5 Å². The molecule has 1 atom stereocenters. The first-order valence-electron chi connectivity index (χ1n) is 10.3. The number of aliphatic hydroxyl groups excluding tert-OH is 2. The standard InChI is InChI=1S/C20H29N5O5S/c21-18-10-19(30-13-14-4-2-1-3-5-14)25-20(24-18)23-15-6-8-17(9-7-15)31(28,29)22-11-16(27)12-26/h6-10,14,16,22,26-27H,1-5,11-13H2,(H3,21,23,24,25). The molecule has 0 saturated heterocycles. The van der Waals surface area contributed by atoms with Crippen molar-refractivity contribution in [1.82, 2.24) is 14.7 Å². The van der Waals surface area contributed by atoms with E-state index in [-0.39, 0.29) is 23.2 Å². The third kappa shape index (κ3) is 7.03. The van der Waals surface area contributed by atoms with Gasteiger partial charge in [0.15, 0.2) is 0 Å². The van der Waals surface area contributed by atoms with Crippen LogP contribution in [0.15, 0.2) is 35.2 Å². The number of ether oxygens (including phenoxy) is 1. The monoisotopic (exact) mass is 451 g/mol. The first kappa shape index (κ1) is 23.2. The van der Waals surface area contributed by atoms with Crippen molar-refractivity contribution >= 4 is 27.5 Å². The summed E-state index contributed by atoms with van der Waals surface area (Å²) < 4.78 is 32.5. The highest BCUT2D eigenvalue weighted by molar-refractivity contribution is 7.89. The zero-order valence-electron chi connectivity index (χ0n) is 17.2. The number of aromatic nitrogens is 2. The third-order valence-electron chi connectivity index (χ3n) is 5.05. The van der Waals surface area contributed by atoms with Crippen LogP contribution in [-0.2, 0) is 10.0 Å². The summed E-state index contributed by atoms with van der Waals surface area (Å²) in [6, 6.07) is 7.51. The summed E-state index contributed by atoms with van der Waals surface area (Å²) in [5.41, 5.74) is 6.44. The number of anilines is 3. The normalized spacial score (nSPS) is 16.1. The molecular weight excluding hydrogens is 422 g/mol. The van der Waals surface area contributed by atoms with Gasteiger partial charge in [0.2, 0.25) is 21.9 Å². The quantitative estimate of drug-likeness (QED) is 0.360. The first-order chi connectivity index (χ1) is 14.9. The topological polar surface area (TPSA) is 160 Å². The van der Waals surface area contributed by atoms with E-state index in [1.54, 1.807) is 18.2 Å². The molecule has 0 bridgehead atoms. The average molecular weight is 452 g/mol. The SMILES string of the molecule is Nc1cc(OCC2CCCCC2)nc(Nc2ccc(S(=O)(=O)NCC(O)CO)cc2)n1. The van der Waals surface area contributed by atoms with E-state index in [1.807, 2.05) is 0 Å². The predicted octanol–water partition coefficient (Wildman–Crippen LogP) is 1.39. The summed E-state index contributed by atoms with van der Waals surface area (Å²) in [6.07, 6.45) is 4.91. The van der Waals surface area contributed by atoms with Crippen LogP contribution in [0.1, 0.15) is 32.1 Å². The highest BCUT2D eigenvalue weighted by Gasteiger charge is 2.17. The fourth-order valence-electron chi connectivity index (χ4n) is 3.33. The Morgan fingerprint density at radius 2 is 1.87 bits per heavy atom. The Morgan fingerprint density at radius 1 is 1.16 bits per heavy atom. The van der Waals surface area contributed by atoms with Gasteiger partial charge in [-0.1, -0.05) is 19.3 Å². The lowest BCUT2D eigenvalue weighted by Gasteiger charge is -2.21. The predicted molar refractivity (Wildman–Crippen MR) is 117 cm³/mol. The molecule has 2 aromatic rings. The second kappa shape index (κ2) is 10.7. The van der Waals surface area contributed by atoms with Crippen LogP contribution in [0, 0.1) is 5.92 Å². The number of hydrogen-bond donors (Lipinski definition) is 5. The minimum Gasteiger partial charge on any atom is -0.477 e. The molecule has 0 spiro atoms. The maximum absolute atomic E-state index is 12.2. The number of hydrogen-bond acceptors (Lipinski definition) is 9. The molecule has 1 aromatic carbocycles. The van der Waals surface area contributed by atoms with Crippen molar-refractivity contribution in [3.05, 3.63) is 30.3 Å². The van der Waals surface area contributed by atoms with Gasteiger partial charge >= 0.3 is 0 Å². The highest BCUT2D eigenvalue weighted by Crippen LogP contribution is 2.25. The van der Waals surface area contributed by atoms with Crippen molar-refractivity contribution in [2.75, 3.05) is 30.8 Å². The molecular formula is C20H29N5O5S. The Kier molecular flexibility index (Phi) is 8.02. The second-order valence-corrected chi connectivity index (χ2v) is 9.37. The van der Waals surface area contributed by atoms with Gasteiger partial charge in [-0.2, -0.15) is 9.97 Å². The van der Waals surface area contributed by atoms with E-state index < -0.39 is 22.7 Å². The largest absolute Gasteiger partial charge is 0.477 e. The van der Waals surface area contributed by atoms with Gasteiger partial charge in [-0.15, -0.1) is 0 Å². The van der Waals surface area contributed by atoms with Crippen LogP contribution < -0.4 is 20.5 Å². The van der Waals surface area contributed by atoms with Crippen molar-refractivity contribution in [3.63, 3.8) is 0 Å². The molecule has 0 radical (unpaired) electrons. The summed E-state index contributed by atoms with van der Waals surface area (Å²) in [6.45, 7) is -0.210. The van der Waals surface area contributed by atoms with Crippen LogP contribution in [0.2, 0.25) is 0 Å². The van der Waals surface area contributed by atoms with Crippen molar-refractivity contribution < 1.29 is 23.4 Å². The fraction of sp³-hybridized carbons (Fsp3) is 0.500. The molecule has 170 valence electrons. The van der Waals surface area contributed by atoms with Gasteiger partial charge < -0.3 is 26.0 Å². The van der Waals surface area contributed by atoms with E-state index >= 15 is 0 Å². The van der Waals surface area contributed by atoms with Gasteiger partial charge in [-0.3, -0.25) is 0 Å². The summed E-state index contributed by atoms with van der Waals surface area (Å²) in [5.74, 6) is 1.44. The minimum absolute atomic E-state index is 0.0215. The molecule has 31 heavy (non-hydrogen) atoms. The van der Waals surface area contributed by atoms with E-state index in [9.17, 15) is 13.5 Å². The van der Waals surface area contributed by atoms with E-state index in [0.717, 1.165) is 12.8 Å². The summed E-state index contributed by atoms with van der Waals surface area (Å²) in [4.78, 5) is 8.50. The number of rotatable bonds is 10. The molecule has 1 heterocycles. The van der Waals surface area contributed by atoms with Crippen molar-refractivity contribution in [1.29, 1.82) is 0 Å². The number of sulfonamides is 1. The van der Waals surface area contributed by atoms with Crippen molar-refractivity contribution in [3.8, 4) is 5.88 Å². The lowest BCUT2D eigenvalue weighted by atomic mass is 9.90. The molecule has 10 nitrogen and oxygen atoms in total. The molecule has 6 N–H and O–H groups in total. The highest BCUT2D eigenvalue weighted by atomic mass is 32.2. The Balaban J connectivity index is 1.62. The molecule has 0 amide bonds. The average Bonchev–Trinajstić information content (AvgIpc) is 2.77. The smallest absolute Gasteiger partial charge is 0.240 e. The van der Waals surface area contributed by atoms with Crippen LogP contribution in [0.4, 0.5) is 17.5 Å². The van der Waals surface area contributed by atoms with Crippen molar-refractivity contribution in [2.45, 2.75) is 43.1 Å². The Morgan fingerprint density at radius 3 is 2.55 bits per heavy atom. The number of nitrogen functional groups attached to an aromatic ring is 1. The zero-order valence-corrected chi connectivity index (χ0v) is 18.0. The van der Waals surface area contributed by atoms with E-state index in [0.29, 0.717) is 24.1 Å². The molecule has 1 aromatic heterocycles.